The maximum Gasteiger partial charge on any atom is 0.125 e. The highest BCUT2D eigenvalue weighted by Crippen LogP contribution is 2.22. The molecular weight excluding hydrogens is 322 g/mol. The Kier molecular flexibility index (Phi) is 4.94. The molecule has 0 aliphatic heterocycles. The van der Waals surface area contributed by atoms with E-state index in [0.29, 0.717) is 6.54 Å². The summed E-state index contributed by atoms with van der Waals surface area (Å²) in [4.78, 5) is 4.53. The summed E-state index contributed by atoms with van der Waals surface area (Å²) >= 11 is 0. The van der Waals surface area contributed by atoms with Gasteiger partial charge in [-0.05, 0) is 23.3 Å². The van der Waals surface area contributed by atoms with Crippen LogP contribution in [0.15, 0.2) is 95.9 Å². The quantitative estimate of drug-likeness (QED) is 0.541. The van der Waals surface area contributed by atoms with Crippen LogP contribution in [0, 0.1) is 0 Å². The minimum Gasteiger partial charge on any atom is -0.467 e. The molecule has 2 heterocycles. The van der Waals surface area contributed by atoms with E-state index >= 15 is 0 Å². The molecule has 26 heavy (non-hydrogen) atoms. The first-order valence-corrected chi connectivity index (χ1v) is 8.76. The summed E-state index contributed by atoms with van der Waals surface area (Å²) in [6.45, 7) is 1.47. The van der Waals surface area contributed by atoms with Crippen molar-refractivity contribution in [2.24, 2.45) is 0 Å². The lowest BCUT2D eigenvalue weighted by molar-refractivity contribution is 0.440. The average molecular weight is 343 g/mol. The number of benzene rings is 2. The number of nitrogens with zero attached hydrogens (tertiary/aromatic N) is 2. The van der Waals surface area contributed by atoms with Crippen molar-refractivity contribution in [3.8, 4) is 0 Å². The van der Waals surface area contributed by atoms with E-state index in [1.54, 1.807) is 6.26 Å². The van der Waals surface area contributed by atoms with Gasteiger partial charge in [0.05, 0.1) is 18.8 Å². The minimum absolute atomic E-state index is 0.00641. The van der Waals surface area contributed by atoms with Gasteiger partial charge in [0.15, 0.2) is 0 Å². The SMILES string of the molecule is c1ccc(Cn2ccnc2CN[C@@H](c2ccccc2)c2ccco2)cc1. The zero-order valence-electron chi connectivity index (χ0n) is 14.5. The predicted molar refractivity (Wildman–Crippen MR) is 102 cm³/mol. The van der Waals surface area contributed by atoms with Gasteiger partial charge in [-0.15, -0.1) is 0 Å². The lowest BCUT2D eigenvalue weighted by Crippen LogP contribution is -2.23. The van der Waals surface area contributed by atoms with Gasteiger partial charge < -0.3 is 8.98 Å². The second-order valence-electron chi connectivity index (χ2n) is 6.20. The zero-order chi connectivity index (χ0) is 17.6. The summed E-state index contributed by atoms with van der Waals surface area (Å²) in [5, 5.41) is 3.59. The lowest BCUT2D eigenvalue weighted by Gasteiger charge is -2.17. The Bertz CT molecular complexity index is 914. The fourth-order valence-electron chi connectivity index (χ4n) is 3.11. The molecule has 2 aromatic carbocycles. The van der Waals surface area contributed by atoms with Crippen molar-refractivity contribution in [3.05, 3.63) is 114 Å². The molecule has 0 radical (unpaired) electrons. The molecule has 0 unspecified atom stereocenters. The minimum atomic E-state index is -0.00641. The second-order valence-corrected chi connectivity index (χ2v) is 6.20. The number of aromatic nitrogens is 2. The van der Waals surface area contributed by atoms with Crippen molar-refractivity contribution in [2.45, 2.75) is 19.1 Å². The first-order chi connectivity index (χ1) is 12.9. The monoisotopic (exact) mass is 343 g/mol. The van der Waals surface area contributed by atoms with Gasteiger partial charge >= 0.3 is 0 Å². The van der Waals surface area contributed by atoms with E-state index in [4.69, 9.17) is 4.42 Å². The molecule has 1 N–H and O–H groups in total. The van der Waals surface area contributed by atoms with Crippen LogP contribution in [0.1, 0.15) is 28.8 Å². The van der Waals surface area contributed by atoms with Crippen molar-refractivity contribution in [1.29, 1.82) is 0 Å². The Hall–Kier alpha value is -3.11. The number of nitrogens with one attached hydrogen (secondary N) is 1. The summed E-state index contributed by atoms with van der Waals surface area (Å²) in [6, 6.07) is 24.7. The maximum absolute atomic E-state index is 5.66. The smallest absolute Gasteiger partial charge is 0.125 e. The molecule has 2 aromatic heterocycles. The van der Waals surface area contributed by atoms with Crippen LogP contribution in [0.2, 0.25) is 0 Å². The summed E-state index contributed by atoms with van der Waals surface area (Å²) in [6.07, 6.45) is 5.59. The van der Waals surface area contributed by atoms with E-state index in [-0.39, 0.29) is 6.04 Å². The standard InChI is InChI=1S/C22H21N3O/c1-3-8-18(9-4-1)17-25-14-13-23-21(25)16-24-22(20-12-7-15-26-20)19-10-5-2-6-11-19/h1-15,22,24H,16-17H2/t22-/m0/s1. The van der Waals surface area contributed by atoms with Crippen LogP contribution in [0.4, 0.5) is 0 Å². The van der Waals surface area contributed by atoms with Crippen molar-refractivity contribution in [1.82, 2.24) is 14.9 Å². The largest absolute Gasteiger partial charge is 0.467 e. The molecule has 1 atom stereocenters. The lowest BCUT2D eigenvalue weighted by atomic mass is 10.0. The summed E-state index contributed by atoms with van der Waals surface area (Å²) in [5.74, 6) is 1.90. The highest BCUT2D eigenvalue weighted by molar-refractivity contribution is 5.26. The van der Waals surface area contributed by atoms with Crippen LogP contribution in [-0.4, -0.2) is 9.55 Å². The summed E-state index contributed by atoms with van der Waals surface area (Å²) in [7, 11) is 0. The van der Waals surface area contributed by atoms with E-state index in [1.807, 2.05) is 48.8 Å². The number of furan rings is 1. The summed E-state index contributed by atoms with van der Waals surface area (Å²) in [5.41, 5.74) is 2.43. The van der Waals surface area contributed by atoms with Gasteiger partial charge in [0, 0.05) is 18.9 Å². The van der Waals surface area contributed by atoms with E-state index in [2.05, 4.69) is 51.3 Å². The van der Waals surface area contributed by atoms with Crippen molar-refractivity contribution in [3.63, 3.8) is 0 Å². The van der Waals surface area contributed by atoms with Crippen LogP contribution in [-0.2, 0) is 13.1 Å². The Morgan fingerprint density at radius 3 is 2.42 bits per heavy atom. The van der Waals surface area contributed by atoms with Crippen molar-refractivity contribution >= 4 is 0 Å². The second kappa shape index (κ2) is 7.85. The molecule has 4 aromatic rings. The third kappa shape index (κ3) is 3.76. The molecule has 0 amide bonds. The highest BCUT2D eigenvalue weighted by atomic mass is 16.3. The van der Waals surface area contributed by atoms with E-state index in [9.17, 15) is 0 Å². The molecule has 4 nitrogen and oxygen atoms in total. The zero-order valence-corrected chi connectivity index (χ0v) is 14.5. The van der Waals surface area contributed by atoms with Crippen LogP contribution in [0.3, 0.4) is 0 Å². The molecule has 0 aliphatic rings. The normalized spacial score (nSPS) is 12.2. The molecule has 130 valence electrons. The third-order valence-corrected chi connectivity index (χ3v) is 4.42. The Labute approximate surface area is 153 Å². The van der Waals surface area contributed by atoms with E-state index < -0.39 is 0 Å². The molecule has 0 bridgehead atoms. The Morgan fingerprint density at radius 2 is 1.69 bits per heavy atom. The number of hydrogen-bond acceptors (Lipinski definition) is 3. The average Bonchev–Trinajstić information content (AvgIpc) is 3.37. The molecule has 0 spiro atoms. The van der Waals surface area contributed by atoms with E-state index in [1.165, 1.54) is 11.1 Å². The molecule has 4 heteroatoms. The van der Waals surface area contributed by atoms with Gasteiger partial charge in [-0.3, -0.25) is 5.32 Å². The van der Waals surface area contributed by atoms with Crippen LogP contribution < -0.4 is 5.32 Å². The molecule has 0 fully saturated rings. The number of hydrogen-bond donors (Lipinski definition) is 1. The molecule has 0 saturated carbocycles. The van der Waals surface area contributed by atoms with Crippen LogP contribution in [0.25, 0.3) is 0 Å². The maximum atomic E-state index is 5.66. The first-order valence-electron chi connectivity index (χ1n) is 8.76. The third-order valence-electron chi connectivity index (χ3n) is 4.42. The molecule has 0 aliphatic carbocycles. The van der Waals surface area contributed by atoms with Crippen molar-refractivity contribution < 1.29 is 4.42 Å². The van der Waals surface area contributed by atoms with Gasteiger partial charge in [0.25, 0.3) is 0 Å². The fraction of sp³-hybridized carbons (Fsp3) is 0.136. The fourth-order valence-corrected chi connectivity index (χ4v) is 3.11. The van der Waals surface area contributed by atoms with Gasteiger partial charge in [-0.2, -0.15) is 0 Å². The molecular formula is C22H21N3O. The topological polar surface area (TPSA) is 43.0 Å². The van der Waals surface area contributed by atoms with Gasteiger partial charge in [0.1, 0.15) is 11.6 Å². The predicted octanol–water partition coefficient (Wildman–Crippen LogP) is 4.40. The number of rotatable bonds is 7. The Balaban J connectivity index is 1.51. The van der Waals surface area contributed by atoms with Crippen LogP contribution in [0.5, 0.6) is 0 Å². The van der Waals surface area contributed by atoms with Crippen molar-refractivity contribution in [2.75, 3.05) is 0 Å². The Morgan fingerprint density at radius 1 is 0.923 bits per heavy atom. The summed E-state index contributed by atoms with van der Waals surface area (Å²) < 4.78 is 7.83. The first kappa shape index (κ1) is 16.4. The van der Waals surface area contributed by atoms with Crippen LogP contribution >= 0.6 is 0 Å². The van der Waals surface area contributed by atoms with E-state index in [0.717, 1.165) is 18.1 Å². The van der Waals surface area contributed by atoms with Gasteiger partial charge in [0.2, 0.25) is 0 Å². The van der Waals surface area contributed by atoms with Gasteiger partial charge in [-0.1, -0.05) is 60.7 Å². The molecule has 4 rings (SSSR count). The highest BCUT2D eigenvalue weighted by Gasteiger charge is 2.17. The van der Waals surface area contributed by atoms with Gasteiger partial charge in [-0.25, -0.2) is 4.98 Å². The number of imidazole rings is 1. The molecule has 0 saturated heterocycles.